The molecule has 1 aromatic rings. The Balaban J connectivity index is 1.94. The van der Waals surface area contributed by atoms with E-state index in [1.807, 2.05) is 13.8 Å². The van der Waals surface area contributed by atoms with Gasteiger partial charge < -0.3 is 20.1 Å². The zero-order chi connectivity index (χ0) is 15.4. The van der Waals surface area contributed by atoms with E-state index in [2.05, 4.69) is 5.32 Å². The third-order valence-electron chi connectivity index (χ3n) is 3.27. The van der Waals surface area contributed by atoms with Crippen LogP contribution in [-0.4, -0.2) is 47.3 Å². The van der Waals surface area contributed by atoms with Crippen LogP contribution in [0.1, 0.15) is 19.4 Å². The first kappa shape index (κ1) is 15.3. The van der Waals surface area contributed by atoms with Crippen LogP contribution in [-0.2, 0) is 16.0 Å². The highest BCUT2D eigenvalue weighted by molar-refractivity contribution is 5.89. The topological polar surface area (TPSA) is 78.9 Å². The van der Waals surface area contributed by atoms with E-state index in [9.17, 15) is 9.59 Å². The van der Waals surface area contributed by atoms with Crippen molar-refractivity contribution < 1.29 is 19.4 Å². The average molecular weight is 292 g/mol. The van der Waals surface area contributed by atoms with Crippen LogP contribution < -0.4 is 5.32 Å². The summed E-state index contributed by atoms with van der Waals surface area (Å²) in [6.45, 7) is 5.01. The summed E-state index contributed by atoms with van der Waals surface area (Å²) in [5, 5.41) is 11.5. The van der Waals surface area contributed by atoms with E-state index >= 15 is 0 Å². The van der Waals surface area contributed by atoms with Gasteiger partial charge >= 0.3 is 12.0 Å². The lowest BCUT2D eigenvalue weighted by Gasteiger charge is -2.35. The highest BCUT2D eigenvalue weighted by atomic mass is 16.5. The van der Waals surface area contributed by atoms with E-state index in [-0.39, 0.29) is 24.7 Å². The molecule has 1 fully saturated rings. The molecule has 2 rings (SSSR count). The standard InChI is InChI=1S/C15H20N2O4/c1-10-8-17(9-11(2)21-10)15(20)16-13-5-3-12(4-6-13)7-14(18)19/h3-6,10-11H,7-9H2,1-2H3,(H,16,20)(H,18,19)/t10-,11+. The van der Waals surface area contributed by atoms with Gasteiger partial charge in [0.25, 0.3) is 0 Å². The SMILES string of the molecule is C[C@@H]1CN(C(=O)Nc2ccc(CC(=O)O)cc2)C[C@H](C)O1. The Kier molecular flexibility index (Phi) is 4.80. The minimum atomic E-state index is -0.872. The largest absolute Gasteiger partial charge is 0.481 e. The number of ether oxygens (including phenoxy) is 1. The number of amides is 2. The van der Waals surface area contributed by atoms with E-state index in [1.54, 1.807) is 29.2 Å². The van der Waals surface area contributed by atoms with E-state index in [1.165, 1.54) is 0 Å². The van der Waals surface area contributed by atoms with Gasteiger partial charge in [-0.2, -0.15) is 0 Å². The predicted octanol–water partition coefficient (Wildman–Crippen LogP) is 1.95. The maximum absolute atomic E-state index is 12.2. The summed E-state index contributed by atoms with van der Waals surface area (Å²) in [7, 11) is 0. The summed E-state index contributed by atoms with van der Waals surface area (Å²) < 4.78 is 5.59. The van der Waals surface area contributed by atoms with Gasteiger partial charge in [0.1, 0.15) is 0 Å². The summed E-state index contributed by atoms with van der Waals surface area (Å²) in [5.74, 6) is -0.872. The molecule has 1 aliphatic heterocycles. The lowest BCUT2D eigenvalue weighted by Crippen LogP contribution is -2.49. The number of rotatable bonds is 3. The van der Waals surface area contributed by atoms with Crippen molar-refractivity contribution in [1.82, 2.24) is 4.90 Å². The minimum absolute atomic E-state index is 0.0211. The second-order valence-corrected chi connectivity index (χ2v) is 5.36. The highest BCUT2D eigenvalue weighted by Gasteiger charge is 2.25. The summed E-state index contributed by atoms with van der Waals surface area (Å²) >= 11 is 0. The molecular formula is C15H20N2O4. The summed E-state index contributed by atoms with van der Waals surface area (Å²) in [6, 6.07) is 6.67. The van der Waals surface area contributed by atoms with Gasteiger partial charge in [0.2, 0.25) is 0 Å². The summed E-state index contributed by atoms with van der Waals surface area (Å²) in [5.41, 5.74) is 1.36. The first-order valence-electron chi connectivity index (χ1n) is 6.96. The van der Waals surface area contributed by atoms with Crippen molar-refractivity contribution in [2.45, 2.75) is 32.5 Å². The Bertz CT molecular complexity index is 505. The highest BCUT2D eigenvalue weighted by Crippen LogP contribution is 2.14. The van der Waals surface area contributed by atoms with Crippen molar-refractivity contribution in [3.05, 3.63) is 29.8 Å². The molecule has 1 saturated heterocycles. The molecule has 2 amide bonds. The van der Waals surface area contributed by atoms with Crippen molar-refractivity contribution in [3.63, 3.8) is 0 Å². The van der Waals surface area contributed by atoms with Crippen LogP contribution in [0.15, 0.2) is 24.3 Å². The maximum Gasteiger partial charge on any atom is 0.322 e. The lowest BCUT2D eigenvalue weighted by atomic mass is 10.1. The van der Waals surface area contributed by atoms with Crippen LogP contribution in [0.5, 0.6) is 0 Å². The number of morpholine rings is 1. The molecule has 6 nitrogen and oxygen atoms in total. The van der Waals surface area contributed by atoms with Crippen molar-refractivity contribution in [2.75, 3.05) is 18.4 Å². The number of nitrogens with one attached hydrogen (secondary N) is 1. The van der Waals surface area contributed by atoms with Crippen molar-refractivity contribution in [2.24, 2.45) is 0 Å². The number of carbonyl (C=O) groups excluding carboxylic acids is 1. The molecule has 1 heterocycles. The number of nitrogens with zero attached hydrogens (tertiary/aromatic N) is 1. The molecular weight excluding hydrogens is 272 g/mol. The van der Waals surface area contributed by atoms with Gasteiger partial charge in [-0.25, -0.2) is 4.79 Å². The molecule has 0 aromatic heterocycles. The molecule has 0 radical (unpaired) electrons. The first-order chi connectivity index (χ1) is 9.94. The third-order valence-corrected chi connectivity index (χ3v) is 3.27. The van der Waals surface area contributed by atoms with Gasteiger partial charge in [0.05, 0.1) is 18.6 Å². The van der Waals surface area contributed by atoms with Gasteiger partial charge in [0.15, 0.2) is 0 Å². The van der Waals surface area contributed by atoms with Crippen LogP contribution >= 0.6 is 0 Å². The molecule has 0 saturated carbocycles. The van der Waals surface area contributed by atoms with Crippen LogP contribution in [0.25, 0.3) is 0 Å². The summed E-state index contributed by atoms with van der Waals surface area (Å²) in [4.78, 5) is 24.5. The van der Waals surface area contributed by atoms with Gasteiger partial charge in [-0.15, -0.1) is 0 Å². The lowest BCUT2D eigenvalue weighted by molar-refractivity contribution is -0.136. The Labute approximate surface area is 123 Å². The number of hydrogen-bond acceptors (Lipinski definition) is 3. The number of anilines is 1. The van der Waals surface area contributed by atoms with Crippen LogP contribution in [0, 0.1) is 0 Å². The van der Waals surface area contributed by atoms with E-state index < -0.39 is 5.97 Å². The molecule has 0 unspecified atom stereocenters. The number of benzene rings is 1. The monoisotopic (exact) mass is 292 g/mol. The normalized spacial score (nSPS) is 21.9. The fraction of sp³-hybridized carbons (Fsp3) is 0.467. The number of carbonyl (C=O) groups is 2. The number of hydrogen-bond donors (Lipinski definition) is 2. The molecule has 0 spiro atoms. The van der Waals surface area contributed by atoms with Gasteiger partial charge in [-0.1, -0.05) is 12.1 Å². The molecule has 114 valence electrons. The number of carboxylic acid groups (broad SMARTS) is 1. The van der Waals surface area contributed by atoms with Gasteiger partial charge in [-0.3, -0.25) is 4.79 Å². The summed E-state index contributed by atoms with van der Waals surface area (Å²) in [6.07, 6.45) is 0.0297. The Morgan fingerprint density at radius 2 is 1.81 bits per heavy atom. The van der Waals surface area contributed by atoms with Crippen LogP contribution in [0.4, 0.5) is 10.5 Å². The fourth-order valence-corrected chi connectivity index (χ4v) is 2.43. The first-order valence-corrected chi connectivity index (χ1v) is 6.96. The van der Waals surface area contributed by atoms with Gasteiger partial charge in [0, 0.05) is 18.8 Å². The fourth-order valence-electron chi connectivity index (χ4n) is 2.43. The molecule has 6 heteroatoms. The second kappa shape index (κ2) is 6.58. The molecule has 2 atom stereocenters. The maximum atomic E-state index is 12.2. The number of aliphatic carboxylic acids is 1. The predicted molar refractivity (Wildman–Crippen MR) is 78.4 cm³/mol. The molecule has 2 N–H and O–H groups in total. The quantitative estimate of drug-likeness (QED) is 0.892. The van der Waals surface area contributed by atoms with Crippen molar-refractivity contribution in [1.29, 1.82) is 0 Å². The van der Waals surface area contributed by atoms with E-state index in [4.69, 9.17) is 9.84 Å². The Morgan fingerprint density at radius 3 is 2.33 bits per heavy atom. The average Bonchev–Trinajstić information content (AvgIpc) is 2.39. The Hall–Kier alpha value is -2.08. The molecule has 21 heavy (non-hydrogen) atoms. The number of urea groups is 1. The molecule has 1 aromatic carbocycles. The van der Waals surface area contributed by atoms with Crippen LogP contribution in [0.3, 0.4) is 0 Å². The third kappa shape index (κ3) is 4.46. The number of carboxylic acids is 1. The second-order valence-electron chi connectivity index (χ2n) is 5.36. The van der Waals surface area contributed by atoms with E-state index in [0.29, 0.717) is 24.3 Å². The van der Waals surface area contributed by atoms with E-state index in [0.717, 1.165) is 0 Å². The smallest absolute Gasteiger partial charge is 0.322 e. The van der Waals surface area contributed by atoms with Crippen molar-refractivity contribution in [3.8, 4) is 0 Å². The Morgan fingerprint density at radius 1 is 1.24 bits per heavy atom. The molecule has 1 aliphatic rings. The minimum Gasteiger partial charge on any atom is -0.481 e. The molecule has 0 bridgehead atoms. The zero-order valence-corrected chi connectivity index (χ0v) is 12.2. The van der Waals surface area contributed by atoms with Gasteiger partial charge in [-0.05, 0) is 31.5 Å². The molecule has 0 aliphatic carbocycles. The van der Waals surface area contributed by atoms with Crippen molar-refractivity contribution >= 4 is 17.7 Å². The zero-order valence-electron chi connectivity index (χ0n) is 12.2. The van der Waals surface area contributed by atoms with Crippen LogP contribution in [0.2, 0.25) is 0 Å².